The van der Waals surface area contributed by atoms with Crippen molar-refractivity contribution in [1.29, 1.82) is 0 Å². The highest BCUT2D eigenvalue weighted by atomic mass is 35.5. The van der Waals surface area contributed by atoms with Crippen LogP contribution in [0.4, 0.5) is 4.39 Å². The van der Waals surface area contributed by atoms with Crippen molar-refractivity contribution >= 4 is 17.6 Å². The molecular weight excluding hydrogens is 271 g/mol. The van der Waals surface area contributed by atoms with Crippen molar-refractivity contribution in [1.82, 2.24) is 0 Å². The van der Waals surface area contributed by atoms with Crippen molar-refractivity contribution < 1.29 is 18.7 Å². The van der Waals surface area contributed by atoms with Gasteiger partial charge in [-0.3, -0.25) is 0 Å². The molecule has 1 fully saturated rings. The number of esters is 1. The van der Waals surface area contributed by atoms with Crippen LogP contribution in [0.15, 0.2) is 18.2 Å². The van der Waals surface area contributed by atoms with Crippen LogP contribution in [0.25, 0.3) is 0 Å². The topological polar surface area (TPSA) is 35.5 Å². The zero-order chi connectivity index (χ0) is 14.0. The van der Waals surface area contributed by atoms with Crippen molar-refractivity contribution in [2.24, 2.45) is 0 Å². The van der Waals surface area contributed by atoms with E-state index in [1.165, 1.54) is 12.1 Å². The highest BCUT2D eigenvalue weighted by molar-refractivity contribution is 6.30. The summed E-state index contributed by atoms with van der Waals surface area (Å²) in [7, 11) is 0. The van der Waals surface area contributed by atoms with Crippen molar-refractivity contribution in [3.8, 4) is 0 Å². The molecule has 1 saturated heterocycles. The summed E-state index contributed by atoms with van der Waals surface area (Å²) in [6, 6.07) is 3.84. The zero-order valence-electron chi connectivity index (χ0n) is 10.9. The first kappa shape index (κ1) is 14.3. The quantitative estimate of drug-likeness (QED) is 0.780. The van der Waals surface area contributed by atoms with E-state index < -0.39 is 11.8 Å². The average molecular weight is 287 g/mol. The minimum atomic E-state index is -0.675. The molecule has 1 heterocycles. The second-order valence-electron chi connectivity index (χ2n) is 4.88. The molecule has 5 heteroatoms. The van der Waals surface area contributed by atoms with Gasteiger partial charge in [-0.25, -0.2) is 9.18 Å². The molecule has 104 valence electrons. The lowest BCUT2D eigenvalue weighted by Crippen LogP contribution is -2.35. The van der Waals surface area contributed by atoms with Crippen LogP contribution in [0.5, 0.6) is 0 Å². The Labute approximate surface area is 116 Å². The van der Waals surface area contributed by atoms with Crippen LogP contribution in [0.2, 0.25) is 5.02 Å². The average Bonchev–Trinajstić information content (AvgIpc) is 2.30. The Morgan fingerprint density at radius 1 is 1.37 bits per heavy atom. The number of hydrogen-bond acceptors (Lipinski definition) is 3. The maximum Gasteiger partial charge on any atom is 0.341 e. The second-order valence-corrected chi connectivity index (χ2v) is 5.32. The van der Waals surface area contributed by atoms with Gasteiger partial charge in [-0.2, -0.15) is 0 Å². The summed E-state index contributed by atoms with van der Waals surface area (Å²) in [4.78, 5) is 11.9. The van der Waals surface area contributed by atoms with Gasteiger partial charge in [0, 0.05) is 17.9 Å². The molecule has 0 saturated carbocycles. The van der Waals surface area contributed by atoms with Crippen LogP contribution < -0.4 is 0 Å². The predicted octanol–water partition coefficient (Wildman–Crippen LogP) is 3.59. The van der Waals surface area contributed by atoms with Crippen LogP contribution in [0.3, 0.4) is 0 Å². The molecule has 0 aromatic heterocycles. The molecule has 0 amide bonds. The van der Waals surface area contributed by atoms with E-state index in [4.69, 9.17) is 21.1 Å². The molecule has 0 bridgehead atoms. The van der Waals surface area contributed by atoms with Crippen molar-refractivity contribution in [2.45, 2.75) is 45.0 Å². The minimum absolute atomic E-state index is 0.0331. The number of benzene rings is 1. The highest BCUT2D eigenvalue weighted by Gasteiger charge is 2.28. The Kier molecular flexibility index (Phi) is 4.42. The summed E-state index contributed by atoms with van der Waals surface area (Å²) in [5.41, 5.74) is -0.126. The highest BCUT2D eigenvalue weighted by Crippen LogP contribution is 2.23. The van der Waals surface area contributed by atoms with Gasteiger partial charge in [0.1, 0.15) is 11.9 Å². The fourth-order valence-corrected chi connectivity index (χ4v) is 2.48. The van der Waals surface area contributed by atoms with Gasteiger partial charge in [0.25, 0.3) is 0 Å². The third-order valence-electron chi connectivity index (χ3n) is 3.08. The normalized spacial score (nSPS) is 27.1. The summed E-state index contributed by atoms with van der Waals surface area (Å²) in [5, 5.41) is 0.307. The Morgan fingerprint density at radius 3 is 2.63 bits per heavy atom. The van der Waals surface area contributed by atoms with Crippen LogP contribution in [-0.2, 0) is 9.47 Å². The predicted molar refractivity (Wildman–Crippen MR) is 69.9 cm³/mol. The van der Waals surface area contributed by atoms with Gasteiger partial charge in [0.05, 0.1) is 17.8 Å². The van der Waals surface area contributed by atoms with Gasteiger partial charge >= 0.3 is 5.97 Å². The Morgan fingerprint density at radius 2 is 2.00 bits per heavy atom. The Hall–Kier alpha value is -1.13. The van der Waals surface area contributed by atoms with Crippen LogP contribution in [0, 0.1) is 5.82 Å². The number of halogens is 2. The molecule has 0 aliphatic carbocycles. The molecule has 1 aliphatic heterocycles. The summed E-state index contributed by atoms with van der Waals surface area (Å²) in [6.07, 6.45) is 1.07. The first-order valence-corrected chi connectivity index (χ1v) is 6.65. The standard InChI is InChI=1S/C14H16ClFO3/c1-8-5-11(6-9(2)18-8)19-14(17)12-7-10(15)3-4-13(12)16/h3-4,7-9,11H,5-6H2,1-2H3. The van der Waals surface area contributed by atoms with E-state index in [2.05, 4.69) is 0 Å². The summed E-state index contributed by atoms with van der Waals surface area (Å²) >= 11 is 5.76. The third kappa shape index (κ3) is 3.67. The van der Waals surface area contributed by atoms with E-state index >= 15 is 0 Å². The second kappa shape index (κ2) is 5.88. The molecule has 2 unspecified atom stereocenters. The van der Waals surface area contributed by atoms with E-state index in [0.717, 1.165) is 6.07 Å². The summed E-state index contributed by atoms with van der Waals surface area (Å²) < 4.78 is 24.4. The molecule has 1 aromatic carbocycles. The smallest absolute Gasteiger partial charge is 0.341 e. The fraction of sp³-hybridized carbons (Fsp3) is 0.500. The lowest BCUT2D eigenvalue weighted by molar-refractivity contribution is -0.0856. The number of carbonyl (C=O) groups excluding carboxylic acids is 1. The number of carbonyl (C=O) groups is 1. The molecule has 1 aliphatic rings. The van der Waals surface area contributed by atoms with Gasteiger partial charge in [-0.1, -0.05) is 11.6 Å². The first-order valence-electron chi connectivity index (χ1n) is 6.27. The molecular formula is C14H16ClFO3. The lowest BCUT2D eigenvalue weighted by Gasteiger charge is -2.31. The summed E-state index contributed by atoms with van der Waals surface area (Å²) in [6.45, 7) is 3.85. The largest absolute Gasteiger partial charge is 0.458 e. The maximum atomic E-state index is 13.5. The zero-order valence-corrected chi connectivity index (χ0v) is 11.6. The van der Waals surface area contributed by atoms with Gasteiger partial charge in [0.2, 0.25) is 0 Å². The molecule has 2 atom stereocenters. The van der Waals surface area contributed by atoms with Gasteiger partial charge in [-0.15, -0.1) is 0 Å². The van der Waals surface area contributed by atoms with Gasteiger partial charge in [0.15, 0.2) is 0 Å². The Bertz CT molecular complexity index is 468. The van der Waals surface area contributed by atoms with E-state index in [0.29, 0.717) is 17.9 Å². The van der Waals surface area contributed by atoms with Gasteiger partial charge in [-0.05, 0) is 32.0 Å². The van der Waals surface area contributed by atoms with E-state index in [-0.39, 0.29) is 23.9 Å². The SMILES string of the molecule is CC1CC(OC(=O)c2cc(Cl)ccc2F)CC(C)O1. The van der Waals surface area contributed by atoms with Crippen LogP contribution in [-0.4, -0.2) is 24.3 Å². The maximum absolute atomic E-state index is 13.5. The summed E-state index contributed by atoms with van der Waals surface area (Å²) in [5.74, 6) is -1.30. The molecule has 2 rings (SSSR count). The molecule has 1 aromatic rings. The Balaban J connectivity index is 2.06. The van der Waals surface area contributed by atoms with E-state index in [1.54, 1.807) is 0 Å². The number of ether oxygens (including phenoxy) is 2. The van der Waals surface area contributed by atoms with Crippen LogP contribution in [0.1, 0.15) is 37.0 Å². The monoisotopic (exact) mass is 286 g/mol. The van der Waals surface area contributed by atoms with Crippen molar-refractivity contribution in [3.63, 3.8) is 0 Å². The number of hydrogen-bond donors (Lipinski definition) is 0. The van der Waals surface area contributed by atoms with Crippen molar-refractivity contribution in [3.05, 3.63) is 34.6 Å². The lowest BCUT2D eigenvalue weighted by atomic mass is 10.0. The third-order valence-corrected chi connectivity index (χ3v) is 3.31. The molecule has 0 N–H and O–H groups in total. The molecule has 0 radical (unpaired) electrons. The minimum Gasteiger partial charge on any atom is -0.458 e. The van der Waals surface area contributed by atoms with Crippen molar-refractivity contribution in [2.75, 3.05) is 0 Å². The number of rotatable bonds is 2. The first-order chi connectivity index (χ1) is 8.95. The van der Waals surface area contributed by atoms with E-state index in [1.807, 2.05) is 13.8 Å². The van der Waals surface area contributed by atoms with Gasteiger partial charge < -0.3 is 9.47 Å². The van der Waals surface area contributed by atoms with E-state index in [9.17, 15) is 9.18 Å². The fourth-order valence-electron chi connectivity index (χ4n) is 2.31. The molecule has 19 heavy (non-hydrogen) atoms. The molecule has 3 nitrogen and oxygen atoms in total. The molecule has 0 spiro atoms. The van der Waals surface area contributed by atoms with Crippen LogP contribution >= 0.6 is 11.6 Å².